The molecule has 2 heterocycles. The van der Waals surface area contributed by atoms with Crippen LogP contribution < -0.4 is 10.2 Å². The first kappa shape index (κ1) is 15.8. The molecule has 120 valence electrons. The monoisotopic (exact) mass is 331 g/mol. The van der Waals surface area contributed by atoms with Crippen LogP contribution in [0.1, 0.15) is 18.4 Å². The lowest BCUT2D eigenvalue weighted by Gasteiger charge is -2.33. The smallest absolute Gasteiger partial charge is 0.125 e. The van der Waals surface area contributed by atoms with Gasteiger partial charge in [0.25, 0.3) is 0 Å². The Morgan fingerprint density at radius 3 is 2.61 bits per heavy atom. The average Bonchev–Trinajstić information content (AvgIpc) is 2.57. The molecule has 1 aromatic carbocycles. The lowest BCUT2D eigenvalue weighted by Crippen LogP contribution is -2.36. The van der Waals surface area contributed by atoms with E-state index in [-0.39, 0.29) is 11.9 Å². The highest BCUT2D eigenvalue weighted by atomic mass is 32.1. The number of benzene rings is 1. The molecule has 0 unspecified atom stereocenters. The maximum absolute atomic E-state index is 13.7. The first-order valence-corrected chi connectivity index (χ1v) is 7.98. The van der Waals surface area contributed by atoms with Crippen molar-refractivity contribution in [1.82, 2.24) is 4.98 Å². The third-order valence-electron chi connectivity index (χ3n) is 3.95. The van der Waals surface area contributed by atoms with Gasteiger partial charge < -0.3 is 15.3 Å². The zero-order valence-electron chi connectivity index (χ0n) is 12.6. The van der Waals surface area contributed by atoms with Gasteiger partial charge in [-0.2, -0.15) is 0 Å². The minimum Gasteiger partial charge on any atom is -0.393 e. The van der Waals surface area contributed by atoms with Gasteiger partial charge in [-0.05, 0) is 43.2 Å². The van der Waals surface area contributed by atoms with Crippen LogP contribution in [0.3, 0.4) is 0 Å². The number of anilines is 2. The zero-order chi connectivity index (χ0) is 16.2. The molecular weight excluding hydrogens is 313 g/mol. The molecule has 4 nitrogen and oxygen atoms in total. The number of rotatable bonds is 3. The Morgan fingerprint density at radius 1 is 1.22 bits per heavy atom. The highest BCUT2D eigenvalue weighted by Crippen LogP contribution is 2.30. The topological polar surface area (TPSA) is 48.4 Å². The molecule has 0 radical (unpaired) electrons. The minimum absolute atomic E-state index is 0.249. The number of halogens is 1. The van der Waals surface area contributed by atoms with E-state index < -0.39 is 0 Å². The molecule has 0 spiro atoms. The van der Waals surface area contributed by atoms with Gasteiger partial charge in [0.2, 0.25) is 0 Å². The van der Waals surface area contributed by atoms with E-state index >= 15 is 0 Å². The maximum atomic E-state index is 13.7. The lowest BCUT2D eigenvalue weighted by atomic mass is 10.1. The van der Waals surface area contributed by atoms with E-state index in [0.29, 0.717) is 23.5 Å². The number of piperidine rings is 1. The first-order valence-electron chi connectivity index (χ1n) is 7.57. The van der Waals surface area contributed by atoms with Gasteiger partial charge in [0.15, 0.2) is 0 Å². The van der Waals surface area contributed by atoms with Gasteiger partial charge >= 0.3 is 0 Å². The van der Waals surface area contributed by atoms with Crippen LogP contribution in [0.25, 0.3) is 0 Å². The second-order valence-electron chi connectivity index (χ2n) is 5.57. The van der Waals surface area contributed by atoms with Crippen molar-refractivity contribution in [3.8, 4) is 0 Å². The lowest BCUT2D eigenvalue weighted by molar-refractivity contribution is 0.145. The molecule has 0 saturated carbocycles. The van der Waals surface area contributed by atoms with Crippen molar-refractivity contribution >= 4 is 28.6 Å². The zero-order valence-corrected chi connectivity index (χ0v) is 13.4. The van der Waals surface area contributed by atoms with Crippen LogP contribution in [0.5, 0.6) is 0 Å². The summed E-state index contributed by atoms with van der Waals surface area (Å²) >= 11 is 5.41. The third-order valence-corrected chi connectivity index (χ3v) is 4.29. The van der Waals surface area contributed by atoms with Crippen LogP contribution in [0.4, 0.5) is 15.8 Å². The number of thiocarbonyl (C=S) groups is 1. The summed E-state index contributed by atoms with van der Waals surface area (Å²) in [6, 6.07) is 8.27. The Bertz CT molecular complexity index is 687. The number of aliphatic hydroxyl groups is 1. The molecule has 1 aromatic heterocycles. The Labute approximate surface area is 140 Å². The van der Waals surface area contributed by atoms with Crippen molar-refractivity contribution < 1.29 is 9.50 Å². The molecule has 1 saturated heterocycles. The van der Waals surface area contributed by atoms with E-state index in [0.717, 1.165) is 24.3 Å². The summed E-state index contributed by atoms with van der Waals surface area (Å²) in [5, 5.41) is 12.8. The van der Waals surface area contributed by atoms with E-state index in [1.165, 1.54) is 12.1 Å². The number of hydrogen-bond donors (Lipinski definition) is 2. The second kappa shape index (κ2) is 7.02. The Morgan fingerprint density at radius 2 is 1.91 bits per heavy atom. The van der Waals surface area contributed by atoms with Gasteiger partial charge in [0.1, 0.15) is 10.8 Å². The van der Waals surface area contributed by atoms with Crippen molar-refractivity contribution in [3.05, 3.63) is 54.1 Å². The highest BCUT2D eigenvalue weighted by molar-refractivity contribution is 7.81. The number of nitrogens with zero attached hydrogens (tertiary/aromatic N) is 2. The summed E-state index contributed by atoms with van der Waals surface area (Å²) in [5.74, 6) is -0.314. The average molecular weight is 331 g/mol. The molecule has 2 N–H and O–H groups in total. The van der Waals surface area contributed by atoms with Crippen molar-refractivity contribution in [2.24, 2.45) is 0 Å². The van der Waals surface area contributed by atoms with E-state index in [1.54, 1.807) is 18.5 Å². The largest absolute Gasteiger partial charge is 0.393 e. The molecular formula is C17H18FN3OS. The molecule has 23 heavy (non-hydrogen) atoms. The number of nitrogens with one attached hydrogen (secondary N) is 1. The minimum atomic E-state index is -0.314. The van der Waals surface area contributed by atoms with E-state index in [1.807, 2.05) is 12.1 Å². The Hall–Kier alpha value is -2.05. The van der Waals surface area contributed by atoms with E-state index in [4.69, 9.17) is 12.2 Å². The number of hydrogen-bond acceptors (Lipinski definition) is 4. The van der Waals surface area contributed by atoms with Gasteiger partial charge in [0.05, 0.1) is 17.5 Å². The summed E-state index contributed by atoms with van der Waals surface area (Å²) < 4.78 is 13.7. The number of aromatic nitrogens is 1. The summed E-state index contributed by atoms with van der Waals surface area (Å²) in [7, 11) is 0. The fourth-order valence-electron chi connectivity index (χ4n) is 2.69. The predicted octanol–water partition coefficient (Wildman–Crippen LogP) is 2.97. The third kappa shape index (κ3) is 3.83. The van der Waals surface area contributed by atoms with Crippen LogP contribution in [-0.4, -0.2) is 34.3 Å². The Kier molecular flexibility index (Phi) is 4.83. The molecule has 1 fully saturated rings. The Balaban J connectivity index is 1.83. The molecule has 1 aliphatic heterocycles. The van der Waals surface area contributed by atoms with Crippen molar-refractivity contribution in [2.45, 2.75) is 18.9 Å². The van der Waals surface area contributed by atoms with Gasteiger partial charge in [0, 0.05) is 31.0 Å². The van der Waals surface area contributed by atoms with Crippen LogP contribution in [-0.2, 0) is 0 Å². The molecule has 0 amide bonds. The van der Waals surface area contributed by atoms with Crippen LogP contribution in [0, 0.1) is 5.82 Å². The fraction of sp³-hybridized carbons (Fsp3) is 0.294. The number of pyridine rings is 1. The van der Waals surface area contributed by atoms with Crippen LogP contribution in [0.15, 0.2) is 42.7 Å². The second-order valence-corrected chi connectivity index (χ2v) is 5.98. The fourth-order valence-corrected chi connectivity index (χ4v) is 2.93. The summed E-state index contributed by atoms with van der Waals surface area (Å²) in [4.78, 5) is 6.63. The first-order chi connectivity index (χ1) is 11.1. The van der Waals surface area contributed by atoms with Crippen LogP contribution >= 0.6 is 12.2 Å². The molecule has 0 aliphatic carbocycles. The van der Waals surface area contributed by atoms with Gasteiger partial charge in [-0.1, -0.05) is 12.2 Å². The molecule has 3 rings (SSSR count). The van der Waals surface area contributed by atoms with E-state index in [2.05, 4.69) is 15.2 Å². The molecule has 2 aromatic rings. The SMILES string of the molecule is OC1CCN(c2ccc(F)cc2NC(=S)c2ccncc2)CC1. The normalized spacial score (nSPS) is 15.5. The molecule has 0 bridgehead atoms. The number of aliphatic hydroxyl groups excluding tert-OH is 1. The van der Waals surface area contributed by atoms with Gasteiger partial charge in [-0.25, -0.2) is 4.39 Å². The molecule has 1 aliphatic rings. The predicted molar refractivity (Wildman–Crippen MR) is 93.4 cm³/mol. The summed E-state index contributed by atoms with van der Waals surface area (Å²) in [5.41, 5.74) is 2.37. The van der Waals surface area contributed by atoms with Crippen molar-refractivity contribution in [1.29, 1.82) is 0 Å². The van der Waals surface area contributed by atoms with Crippen molar-refractivity contribution in [3.63, 3.8) is 0 Å². The molecule has 6 heteroatoms. The standard InChI is InChI=1S/C17H18FN3OS/c18-13-1-2-16(21-9-5-14(22)6-10-21)15(11-13)20-17(23)12-3-7-19-8-4-12/h1-4,7-8,11,14,22H,5-6,9-10H2,(H,20,23). The van der Waals surface area contributed by atoms with Crippen LogP contribution in [0.2, 0.25) is 0 Å². The summed E-state index contributed by atoms with van der Waals surface area (Å²) in [6.45, 7) is 1.48. The van der Waals surface area contributed by atoms with Gasteiger partial charge in [-0.3, -0.25) is 4.98 Å². The maximum Gasteiger partial charge on any atom is 0.125 e. The highest BCUT2D eigenvalue weighted by Gasteiger charge is 2.20. The molecule has 0 atom stereocenters. The summed E-state index contributed by atoms with van der Waals surface area (Å²) in [6.07, 6.45) is 4.52. The van der Waals surface area contributed by atoms with E-state index in [9.17, 15) is 9.50 Å². The van der Waals surface area contributed by atoms with Gasteiger partial charge in [-0.15, -0.1) is 0 Å². The quantitative estimate of drug-likeness (QED) is 0.847. The van der Waals surface area contributed by atoms with Crippen molar-refractivity contribution in [2.75, 3.05) is 23.3 Å².